The summed E-state index contributed by atoms with van der Waals surface area (Å²) in [5, 5.41) is 8.72. The number of aryl methyl sites for hydroxylation is 2. The fraction of sp³-hybridized carbons (Fsp3) is 0.250. The first-order valence-electron chi connectivity index (χ1n) is 4.81. The lowest BCUT2D eigenvalue weighted by Gasteiger charge is -2.10. The standard InChI is InChI=1S/C12H15NO3/c1-7-4-8(2)9(11(5-7)16-3)6-10(13)12(14)15/h4-6H,13H2,1-3H3,(H,14,15)/b10-6+. The van der Waals surface area contributed by atoms with Crippen LogP contribution in [0.5, 0.6) is 5.75 Å². The van der Waals surface area contributed by atoms with Crippen LogP contribution in [0.2, 0.25) is 0 Å². The SMILES string of the molecule is COc1cc(C)cc(C)c1/C=C(/N)C(=O)O. The van der Waals surface area contributed by atoms with Gasteiger partial charge in [0.05, 0.1) is 7.11 Å². The van der Waals surface area contributed by atoms with E-state index >= 15 is 0 Å². The van der Waals surface area contributed by atoms with E-state index in [1.165, 1.54) is 6.08 Å². The van der Waals surface area contributed by atoms with E-state index in [4.69, 9.17) is 15.6 Å². The Labute approximate surface area is 94.3 Å². The van der Waals surface area contributed by atoms with Crippen molar-refractivity contribution in [2.45, 2.75) is 13.8 Å². The summed E-state index contributed by atoms with van der Waals surface area (Å²) in [6.45, 7) is 3.83. The van der Waals surface area contributed by atoms with Crippen molar-refractivity contribution in [1.82, 2.24) is 0 Å². The third kappa shape index (κ3) is 2.53. The summed E-state index contributed by atoms with van der Waals surface area (Å²) in [6, 6.07) is 3.79. The first-order chi connectivity index (χ1) is 7.45. The molecule has 1 aromatic carbocycles. The lowest BCUT2D eigenvalue weighted by molar-refractivity contribution is -0.132. The van der Waals surface area contributed by atoms with Gasteiger partial charge in [0.2, 0.25) is 0 Å². The zero-order chi connectivity index (χ0) is 12.3. The molecule has 0 fully saturated rings. The molecule has 0 amide bonds. The van der Waals surface area contributed by atoms with Gasteiger partial charge < -0.3 is 15.6 Å². The second kappa shape index (κ2) is 4.70. The number of rotatable bonds is 3. The highest BCUT2D eigenvalue weighted by atomic mass is 16.5. The van der Waals surface area contributed by atoms with Gasteiger partial charge in [0.15, 0.2) is 0 Å². The van der Waals surface area contributed by atoms with Gasteiger partial charge in [-0.3, -0.25) is 0 Å². The fourth-order valence-electron chi connectivity index (χ4n) is 1.51. The number of ether oxygens (including phenoxy) is 1. The van der Waals surface area contributed by atoms with Crippen molar-refractivity contribution >= 4 is 12.0 Å². The van der Waals surface area contributed by atoms with Crippen LogP contribution in [0.4, 0.5) is 0 Å². The van der Waals surface area contributed by atoms with Gasteiger partial charge in [-0.25, -0.2) is 4.79 Å². The normalized spacial score (nSPS) is 11.3. The Morgan fingerprint density at radius 1 is 1.44 bits per heavy atom. The molecule has 0 atom stereocenters. The van der Waals surface area contributed by atoms with Gasteiger partial charge >= 0.3 is 5.97 Å². The Kier molecular flexibility index (Phi) is 3.55. The summed E-state index contributed by atoms with van der Waals surface area (Å²) >= 11 is 0. The molecule has 4 heteroatoms. The van der Waals surface area contributed by atoms with E-state index in [1.807, 2.05) is 26.0 Å². The van der Waals surface area contributed by atoms with Crippen LogP contribution in [0.15, 0.2) is 17.8 Å². The van der Waals surface area contributed by atoms with Crippen molar-refractivity contribution in [3.8, 4) is 5.75 Å². The molecule has 0 radical (unpaired) electrons. The van der Waals surface area contributed by atoms with Crippen molar-refractivity contribution in [3.05, 3.63) is 34.5 Å². The summed E-state index contributed by atoms with van der Waals surface area (Å²) in [4.78, 5) is 10.6. The van der Waals surface area contributed by atoms with Crippen molar-refractivity contribution < 1.29 is 14.6 Å². The van der Waals surface area contributed by atoms with Crippen LogP contribution < -0.4 is 10.5 Å². The maximum atomic E-state index is 10.6. The number of carbonyl (C=O) groups is 1. The summed E-state index contributed by atoms with van der Waals surface area (Å²) in [5.41, 5.74) is 7.87. The maximum absolute atomic E-state index is 10.6. The largest absolute Gasteiger partial charge is 0.496 e. The predicted molar refractivity (Wildman–Crippen MR) is 62.3 cm³/mol. The Morgan fingerprint density at radius 2 is 2.06 bits per heavy atom. The number of hydrogen-bond donors (Lipinski definition) is 2. The minimum atomic E-state index is -1.14. The average Bonchev–Trinajstić information content (AvgIpc) is 2.21. The van der Waals surface area contributed by atoms with Crippen LogP contribution in [0.3, 0.4) is 0 Å². The van der Waals surface area contributed by atoms with Crippen molar-refractivity contribution in [2.24, 2.45) is 5.73 Å². The van der Waals surface area contributed by atoms with Crippen LogP contribution in [-0.2, 0) is 4.79 Å². The maximum Gasteiger partial charge on any atom is 0.351 e. The molecule has 0 saturated carbocycles. The second-order valence-corrected chi connectivity index (χ2v) is 3.60. The summed E-state index contributed by atoms with van der Waals surface area (Å²) in [7, 11) is 1.54. The van der Waals surface area contributed by atoms with Crippen LogP contribution >= 0.6 is 0 Å². The molecule has 0 aromatic heterocycles. The Morgan fingerprint density at radius 3 is 2.56 bits per heavy atom. The van der Waals surface area contributed by atoms with Crippen LogP contribution in [0, 0.1) is 13.8 Å². The second-order valence-electron chi connectivity index (χ2n) is 3.60. The molecule has 0 spiro atoms. The van der Waals surface area contributed by atoms with Gasteiger partial charge in [-0.1, -0.05) is 6.07 Å². The van der Waals surface area contributed by atoms with E-state index in [0.29, 0.717) is 11.3 Å². The zero-order valence-corrected chi connectivity index (χ0v) is 9.57. The Balaban J connectivity index is 3.32. The van der Waals surface area contributed by atoms with E-state index < -0.39 is 5.97 Å². The molecule has 86 valence electrons. The fourth-order valence-corrected chi connectivity index (χ4v) is 1.51. The van der Waals surface area contributed by atoms with Gasteiger partial charge in [0.25, 0.3) is 0 Å². The van der Waals surface area contributed by atoms with Crippen LogP contribution in [0.25, 0.3) is 6.08 Å². The summed E-state index contributed by atoms with van der Waals surface area (Å²) in [6.07, 6.45) is 1.41. The van der Waals surface area contributed by atoms with E-state index in [-0.39, 0.29) is 5.70 Å². The highest BCUT2D eigenvalue weighted by Gasteiger charge is 2.08. The third-order valence-electron chi connectivity index (χ3n) is 2.26. The first-order valence-corrected chi connectivity index (χ1v) is 4.81. The molecule has 1 rings (SSSR count). The minimum absolute atomic E-state index is 0.203. The van der Waals surface area contributed by atoms with E-state index in [1.54, 1.807) is 7.11 Å². The number of aliphatic carboxylic acids is 1. The quantitative estimate of drug-likeness (QED) is 0.762. The highest BCUT2D eigenvalue weighted by Crippen LogP contribution is 2.25. The first kappa shape index (κ1) is 12.1. The van der Waals surface area contributed by atoms with Gasteiger partial charge in [-0.2, -0.15) is 0 Å². The van der Waals surface area contributed by atoms with Gasteiger partial charge in [-0.05, 0) is 37.1 Å². The number of carboxylic acids is 1. The summed E-state index contributed by atoms with van der Waals surface area (Å²) < 4.78 is 5.19. The summed E-state index contributed by atoms with van der Waals surface area (Å²) in [5.74, 6) is -0.510. The average molecular weight is 221 g/mol. The van der Waals surface area contributed by atoms with E-state index in [2.05, 4.69) is 0 Å². The highest BCUT2D eigenvalue weighted by molar-refractivity contribution is 5.91. The smallest absolute Gasteiger partial charge is 0.351 e. The number of nitrogens with two attached hydrogens (primary N) is 1. The van der Waals surface area contributed by atoms with Crippen molar-refractivity contribution in [1.29, 1.82) is 0 Å². The van der Waals surface area contributed by atoms with Gasteiger partial charge in [0.1, 0.15) is 11.4 Å². The number of carboxylic acid groups (broad SMARTS) is 1. The van der Waals surface area contributed by atoms with Crippen LogP contribution in [-0.4, -0.2) is 18.2 Å². The molecular weight excluding hydrogens is 206 g/mol. The number of benzene rings is 1. The number of methoxy groups -OCH3 is 1. The molecule has 0 unspecified atom stereocenters. The topological polar surface area (TPSA) is 72.5 Å². The molecule has 1 aromatic rings. The predicted octanol–water partition coefficient (Wildman–Crippen LogP) is 1.70. The minimum Gasteiger partial charge on any atom is -0.496 e. The molecule has 0 bridgehead atoms. The zero-order valence-electron chi connectivity index (χ0n) is 9.57. The molecular formula is C12H15NO3. The van der Waals surface area contributed by atoms with E-state index in [0.717, 1.165) is 11.1 Å². The molecule has 0 heterocycles. The van der Waals surface area contributed by atoms with Gasteiger partial charge in [-0.15, -0.1) is 0 Å². The lowest BCUT2D eigenvalue weighted by atomic mass is 10.0. The molecule has 3 N–H and O–H groups in total. The molecule has 0 aliphatic carbocycles. The number of hydrogen-bond acceptors (Lipinski definition) is 3. The molecule has 16 heavy (non-hydrogen) atoms. The Hall–Kier alpha value is -1.97. The molecule has 4 nitrogen and oxygen atoms in total. The molecule has 0 aliphatic rings. The monoisotopic (exact) mass is 221 g/mol. The van der Waals surface area contributed by atoms with Gasteiger partial charge in [0, 0.05) is 5.56 Å². The third-order valence-corrected chi connectivity index (χ3v) is 2.26. The van der Waals surface area contributed by atoms with E-state index in [9.17, 15) is 4.79 Å². The van der Waals surface area contributed by atoms with Crippen molar-refractivity contribution in [2.75, 3.05) is 7.11 Å². The molecule has 0 saturated heterocycles. The van der Waals surface area contributed by atoms with Crippen LogP contribution in [0.1, 0.15) is 16.7 Å². The molecule has 0 aliphatic heterocycles. The van der Waals surface area contributed by atoms with Crippen molar-refractivity contribution in [3.63, 3.8) is 0 Å². The Bertz CT molecular complexity index is 450. The lowest BCUT2D eigenvalue weighted by Crippen LogP contribution is -2.09.